The monoisotopic (exact) mass is 303 g/mol. The molecule has 0 unspecified atom stereocenters. The van der Waals surface area contributed by atoms with Crippen LogP contribution in [0.1, 0.15) is 41.9 Å². The molecule has 1 atom stereocenters. The van der Waals surface area contributed by atoms with Gasteiger partial charge < -0.3 is 9.42 Å². The molecule has 1 fully saturated rings. The number of nitrogens with zero attached hydrogens (tertiary/aromatic N) is 5. The van der Waals surface area contributed by atoms with Gasteiger partial charge in [-0.2, -0.15) is 10.1 Å². The highest BCUT2D eigenvalue weighted by atomic mass is 16.5. The van der Waals surface area contributed by atoms with Crippen molar-refractivity contribution in [3.05, 3.63) is 29.2 Å². The van der Waals surface area contributed by atoms with E-state index in [-0.39, 0.29) is 18.4 Å². The van der Waals surface area contributed by atoms with Crippen molar-refractivity contribution in [1.29, 1.82) is 0 Å². The molecule has 22 heavy (non-hydrogen) atoms. The molecule has 1 amide bonds. The van der Waals surface area contributed by atoms with Crippen molar-refractivity contribution in [1.82, 2.24) is 24.8 Å². The number of likely N-dealkylation sites (tertiary alicyclic amines) is 1. The van der Waals surface area contributed by atoms with Crippen LogP contribution in [-0.2, 0) is 11.3 Å². The number of rotatable bonds is 3. The minimum Gasteiger partial charge on any atom is -0.340 e. The molecule has 1 aliphatic rings. The summed E-state index contributed by atoms with van der Waals surface area (Å²) < 4.78 is 7.02. The van der Waals surface area contributed by atoms with E-state index in [0.717, 1.165) is 30.8 Å². The second kappa shape index (κ2) is 5.90. The molecule has 3 rings (SSSR count). The Kier molecular flexibility index (Phi) is 3.96. The third-order valence-corrected chi connectivity index (χ3v) is 4.06. The van der Waals surface area contributed by atoms with Crippen molar-refractivity contribution in [2.75, 3.05) is 13.1 Å². The van der Waals surface area contributed by atoms with Crippen molar-refractivity contribution in [3.63, 3.8) is 0 Å². The quantitative estimate of drug-likeness (QED) is 0.860. The zero-order chi connectivity index (χ0) is 15.7. The first-order valence-corrected chi connectivity index (χ1v) is 7.62. The second-order valence-corrected chi connectivity index (χ2v) is 5.94. The van der Waals surface area contributed by atoms with Gasteiger partial charge in [-0.1, -0.05) is 5.16 Å². The summed E-state index contributed by atoms with van der Waals surface area (Å²) in [5.41, 5.74) is 1.94. The zero-order valence-corrected chi connectivity index (χ0v) is 13.2. The van der Waals surface area contributed by atoms with Crippen molar-refractivity contribution in [2.45, 2.75) is 46.1 Å². The van der Waals surface area contributed by atoms with Crippen LogP contribution in [0, 0.1) is 20.8 Å². The maximum atomic E-state index is 12.5. The minimum absolute atomic E-state index is 0.0899. The number of carbonyl (C=O) groups excluding carboxylic acids is 1. The molecule has 0 spiro atoms. The van der Waals surface area contributed by atoms with Gasteiger partial charge in [-0.25, -0.2) is 0 Å². The lowest BCUT2D eigenvalue weighted by Gasteiger charge is -2.31. The molecule has 0 aliphatic carbocycles. The second-order valence-electron chi connectivity index (χ2n) is 5.94. The Morgan fingerprint density at radius 2 is 2.23 bits per heavy atom. The molecule has 3 heterocycles. The SMILES string of the molecule is Cc1cc(C)n(CC(=O)N2CCC[C@@H](c3nc(C)no3)C2)n1. The molecule has 0 aromatic carbocycles. The maximum absolute atomic E-state index is 12.5. The molecule has 0 bridgehead atoms. The van der Waals surface area contributed by atoms with Gasteiger partial charge in [0, 0.05) is 18.8 Å². The number of hydrogen-bond donors (Lipinski definition) is 0. The van der Waals surface area contributed by atoms with Crippen LogP contribution in [0.3, 0.4) is 0 Å². The minimum atomic E-state index is 0.0899. The smallest absolute Gasteiger partial charge is 0.244 e. The number of piperidine rings is 1. The van der Waals surface area contributed by atoms with Crippen LogP contribution >= 0.6 is 0 Å². The lowest BCUT2D eigenvalue weighted by Crippen LogP contribution is -2.41. The van der Waals surface area contributed by atoms with Gasteiger partial charge in [0.25, 0.3) is 0 Å². The summed E-state index contributed by atoms with van der Waals surface area (Å²) in [5.74, 6) is 1.51. The van der Waals surface area contributed by atoms with E-state index in [1.54, 1.807) is 4.68 Å². The predicted molar refractivity (Wildman–Crippen MR) is 79.3 cm³/mol. The molecular formula is C15H21N5O2. The van der Waals surface area contributed by atoms with Crippen LogP contribution in [0.25, 0.3) is 0 Å². The van der Waals surface area contributed by atoms with Gasteiger partial charge in [-0.15, -0.1) is 0 Å². The number of carbonyl (C=O) groups is 1. The summed E-state index contributed by atoms with van der Waals surface area (Å²) in [6, 6.07) is 1.98. The summed E-state index contributed by atoms with van der Waals surface area (Å²) in [6.07, 6.45) is 1.93. The van der Waals surface area contributed by atoms with Gasteiger partial charge in [0.15, 0.2) is 5.82 Å². The lowest BCUT2D eigenvalue weighted by atomic mass is 9.98. The average Bonchev–Trinajstić information content (AvgIpc) is 3.05. The van der Waals surface area contributed by atoms with Gasteiger partial charge in [0.05, 0.1) is 11.6 Å². The molecule has 118 valence electrons. The molecule has 1 saturated heterocycles. The molecule has 0 N–H and O–H groups in total. The van der Waals surface area contributed by atoms with Crippen LogP contribution in [0.2, 0.25) is 0 Å². The maximum Gasteiger partial charge on any atom is 0.244 e. The third-order valence-electron chi connectivity index (χ3n) is 4.06. The van der Waals surface area contributed by atoms with Crippen LogP contribution in [-0.4, -0.2) is 43.8 Å². The van der Waals surface area contributed by atoms with Crippen LogP contribution in [0.4, 0.5) is 0 Å². The fraction of sp³-hybridized carbons (Fsp3) is 0.600. The van der Waals surface area contributed by atoms with E-state index in [0.29, 0.717) is 18.3 Å². The molecule has 0 saturated carbocycles. The summed E-state index contributed by atoms with van der Waals surface area (Å²) in [5, 5.41) is 8.19. The van der Waals surface area contributed by atoms with Crippen LogP contribution in [0.5, 0.6) is 0 Å². The Hall–Kier alpha value is -2.18. The molecular weight excluding hydrogens is 282 g/mol. The fourth-order valence-corrected chi connectivity index (χ4v) is 2.95. The van der Waals surface area contributed by atoms with E-state index in [2.05, 4.69) is 15.2 Å². The summed E-state index contributed by atoms with van der Waals surface area (Å²) in [4.78, 5) is 18.7. The Balaban J connectivity index is 1.66. The van der Waals surface area contributed by atoms with Crippen LogP contribution in [0.15, 0.2) is 10.6 Å². The Labute approximate surface area is 129 Å². The van der Waals surface area contributed by atoms with Gasteiger partial charge in [-0.05, 0) is 39.7 Å². The first kappa shape index (κ1) is 14.7. The van der Waals surface area contributed by atoms with Gasteiger partial charge in [0.1, 0.15) is 6.54 Å². The standard InChI is InChI=1S/C15H21N5O2/c1-10-7-11(2)20(17-10)9-14(21)19-6-4-5-13(8-19)15-16-12(3)18-22-15/h7,13H,4-6,8-9H2,1-3H3/t13-/m1/s1. The largest absolute Gasteiger partial charge is 0.340 e. The van der Waals surface area contributed by atoms with Gasteiger partial charge >= 0.3 is 0 Å². The summed E-state index contributed by atoms with van der Waals surface area (Å²) >= 11 is 0. The predicted octanol–water partition coefficient (Wildman–Crippen LogP) is 1.60. The van der Waals surface area contributed by atoms with E-state index in [1.165, 1.54) is 0 Å². The fourth-order valence-electron chi connectivity index (χ4n) is 2.95. The van der Waals surface area contributed by atoms with E-state index < -0.39 is 0 Å². The highest BCUT2D eigenvalue weighted by molar-refractivity contribution is 5.76. The van der Waals surface area contributed by atoms with Crippen molar-refractivity contribution in [3.8, 4) is 0 Å². The molecule has 2 aromatic rings. The number of amides is 1. The molecule has 7 heteroatoms. The third kappa shape index (κ3) is 3.03. The van der Waals surface area contributed by atoms with Crippen molar-refractivity contribution >= 4 is 5.91 Å². The lowest BCUT2D eigenvalue weighted by molar-refractivity contribution is -0.133. The normalized spacial score (nSPS) is 18.7. The Morgan fingerprint density at radius 1 is 1.41 bits per heavy atom. The van der Waals surface area contributed by atoms with Crippen LogP contribution < -0.4 is 0 Å². The highest BCUT2D eigenvalue weighted by Gasteiger charge is 2.28. The highest BCUT2D eigenvalue weighted by Crippen LogP contribution is 2.25. The average molecular weight is 303 g/mol. The number of hydrogen-bond acceptors (Lipinski definition) is 5. The summed E-state index contributed by atoms with van der Waals surface area (Å²) in [7, 11) is 0. The van der Waals surface area contributed by atoms with Crippen molar-refractivity contribution < 1.29 is 9.32 Å². The number of aromatic nitrogens is 4. The van der Waals surface area contributed by atoms with E-state index in [4.69, 9.17) is 4.52 Å². The zero-order valence-electron chi connectivity index (χ0n) is 13.2. The summed E-state index contributed by atoms with van der Waals surface area (Å²) in [6.45, 7) is 7.41. The Bertz CT molecular complexity index is 675. The number of aryl methyl sites for hydroxylation is 3. The van der Waals surface area contributed by atoms with E-state index in [9.17, 15) is 4.79 Å². The van der Waals surface area contributed by atoms with Gasteiger partial charge in [-0.3, -0.25) is 9.48 Å². The molecule has 0 radical (unpaired) electrons. The van der Waals surface area contributed by atoms with E-state index in [1.807, 2.05) is 31.7 Å². The molecule has 1 aliphatic heterocycles. The van der Waals surface area contributed by atoms with E-state index >= 15 is 0 Å². The first-order valence-electron chi connectivity index (χ1n) is 7.62. The molecule has 2 aromatic heterocycles. The van der Waals surface area contributed by atoms with Crippen molar-refractivity contribution in [2.24, 2.45) is 0 Å². The topological polar surface area (TPSA) is 77.0 Å². The van der Waals surface area contributed by atoms with Gasteiger partial charge in [0.2, 0.25) is 11.8 Å². The molecule has 7 nitrogen and oxygen atoms in total. The Morgan fingerprint density at radius 3 is 2.86 bits per heavy atom. The first-order chi connectivity index (χ1) is 10.5.